The molecule has 0 aliphatic heterocycles. The third-order valence-electron chi connectivity index (χ3n) is 4.74. The number of allylic oxidation sites excluding steroid dienone is 2. The third-order valence-corrected chi connectivity index (χ3v) is 4.74. The van der Waals surface area contributed by atoms with Crippen LogP contribution in [0.5, 0.6) is 0 Å². The molecule has 134 valence electrons. The van der Waals surface area contributed by atoms with Gasteiger partial charge in [-0.05, 0) is 33.4 Å². The standard InChI is InChI=1S/C28H22/c1-4-12-24(13-5-1)25-21-19-23(20-22-25)11-10-18-28(26-14-6-2-7-15-26)27-16-8-3-9-17-27/h1-22H/b11-10+. The second-order valence-corrected chi connectivity index (χ2v) is 6.66. The summed E-state index contributed by atoms with van der Waals surface area (Å²) in [5.74, 6) is 0. The Bertz CT molecular complexity index is 1010. The van der Waals surface area contributed by atoms with Gasteiger partial charge in [0.25, 0.3) is 0 Å². The van der Waals surface area contributed by atoms with Gasteiger partial charge in [-0.2, -0.15) is 0 Å². The van der Waals surface area contributed by atoms with Crippen molar-refractivity contribution in [3.8, 4) is 11.1 Å². The van der Waals surface area contributed by atoms with Crippen LogP contribution in [0.4, 0.5) is 0 Å². The fourth-order valence-electron chi connectivity index (χ4n) is 3.27. The Labute approximate surface area is 167 Å². The van der Waals surface area contributed by atoms with E-state index < -0.39 is 0 Å². The summed E-state index contributed by atoms with van der Waals surface area (Å²) in [5, 5.41) is 0. The Morgan fingerprint density at radius 1 is 0.464 bits per heavy atom. The largest absolute Gasteiger partial charge is 0.0622 e. The lowest BCUT2D eigenvalue weighted by molar-refractivity contribution is 1.55. The van der Waals surface area contributed by atoms with E-state index in [1.54, 1.807) is 0 Å². The average Bonchev–Trinajstić information content (AvgIpc) is 2.79. The van der Waals surface area contributed by atoms with Crippen LogP contribution in [0.15, 0.2) is 127 Å². The van der Waals surface area contributed by atoms with Gasteiger partial charge in [0.15, 0.2) is 0 Å². The second-order valence-electron chi connectivity index (χ2n) is 6.66. The van der Waals surface area contributed by atoms with Crippen LogP contribution >= 0.6 is 0 Å². The fourth-order valence-corrected chi connectivity index (χ4v) is 3.27. The Morgan fingerprint density at radius 2 is 0.929 bits per heavy atom. The SMILES string of the molecule is C(/C=C/c1ccc(-c2ccccc2)cc1)=C(c1ccccc1)c1ccccc1. The van der Waals surface area contributed by atoms with Crippen LogP contribution in [0.1, 0.15) is 16.7 Å². The summed E-state index contributed by atoms with van der Waals surface area (Å²) in [6, 6.07) is 40.2. The van der Waals surface area contributed by atoms with E-state index in [4.69, 9.17) is 0 Å². The summed E-state index contributed by atoms with van der Waals surface area (Å²) in [4.78, 5) is 0. The zero-order valence-corrected chi connectivity index (χ0v) is 15.7. The van der Waals surface area contributed by atoms with Crippen molar-refractivity contribution in [2.24, 2.45) is 0 Å². The number of hydrogen-bond acceptors (Lipinski definition) is 0. The highest BCUT2D eigenvalue weighted by Gasteiger charge is 2.02. The van der Waals surface area contributed by atoms with Crippen LogP contribution in [0, 0.1) is 0 Å². The van der Waals surface area contributed by atoms with Crippen LogP contribution < -0.4 is 0 Å². The number of benzene rings is 4. The lowest BCUT2D eigenvalue weighted by Crippen LogP contribution is -1.86. The minimum atomic E-state index is 1.19. The summed E-state index contributed by atoms with van der Waals surface area (Å²) in [6.45, 7) is 0. The van der Waals surface area contributed by atoms with Gasteiger partial charge in [0.05, 0.1) is 0 Å². The fraction of sp³-hybridized carbons (Fsp3) is 0. The van der Waals surface area contributed by atoms with Crippen LogP contribution in [0.25, 0.3) is 22.8 Å². The van der Waals surface area contributed by atoms with E-state index in [9.17, 15) is 0 Å². The molecule has 0 saturated carbocycles. The van der Waals surface area contributed by atoms with Crippen molar-refractivity contribution in [3.05, 3.63) is 144 Å². The molecule has 0 aliphatic rings. The molecule has 28 heavy (non-hydrogen) atoms. The normalized spacial score (nSPS) is 10.7. The number of hydrogen-bond donors (Lipinski definition) is 0. The summed E-state index contributed by atoms with van der Waals surface area (Å²) in [5.41, 5.74) is 7.33. The van der Waals surface area contributed by atoms with E-state index >= 15 is 0 Å². The summed E-state index contributed by atoms with van der Waals surface area (Å²) >= 11 is 0. The van der Waals surface area contributed by atoms with E-state index in [1.807, 2.05) is 6.07 Å². The second kappa shape index (κ2) is 8.83. The molecule has 0 atom stereocenters. The molecule has 0 bridgehead atoms. The monoisotopic (exact) mass is 358 g/mol. The van der Waals surface area contributed by atoms with Crippen molar-refractivity contribution in [2.75, 3.05) is 0 Å². The molecule has 0 amide bonds. The number of rotatable bonds is 5. The topological polar surface area (TPSA) is 0 Å². The minimum absolute atomic E-state index is 1.19. The van der Waals surface area contributed by atoms with Crippen LogP contribution in [-0.4, -0.2) is 0 Å². The Hall–Kier alpha value is -3.64. The Balaban J connectivity index is 1.59. The van der Waals surface area contributed by atoms with Crippen LogP contribution in [0.2, 0.25) is 0 Å². The molecule has 4 aromatic rings. The summed E-state index contributed by atoms with van der Waals surface area (Å²) in [6.07, 6.45) is 6.48. The molecule has 0 N–H and O–H groups in total. The zero-order valence-electron chi connectivity index (χ0n) is 15.7. The van der Waals surface area contributed by atoms with Gasteiger partial charge in [-0.3, -0.25) is 0 Å². The van der Waals surface area contributed by atoms with E-state index in [0.717, 1.165) is 0 Å². The maximum Gasteiger partial charge on any atom is -0.0111 e. The van der Waals surface area contributed by atoms with Gasteiger partial charge < -0.3 is 0 Å². The van der Waals surface area contributed by atoms with Crippen LogP contribution in [0.3, 0.4) is 0 Å². The molecule has 0 fully saturated rings. The first-order valence-electron chi connectivity index (χ1n) is 9.55. The zero-order chi connectivity index (χ0) is 19.0. The quantitative estimate of drug-likeness (QED) is 0.324. The molecule has 0 heterocycles. The first-order chi connectivity index (χ1) is 13.9. The highest BCUT2D eigenvalue weighted by molar-refractivity contribution is 5.81. The molecular formula is C28H22. The lowest BCUT2D eigenvalue weighted by atomic mass is 9.97. The Morgan fingerprint density at radius 3 is 1.46 bits per heavy atom. The van der Waals surface area contributed by atoms with Crippen molar-refractivity contribution in [2.45, 2.75) is 0 Å². The van der Waals surface area contributed by atoms with Crippen molar-refractivity contribution in [3.63, 3.8) is 0 Å². The molecule has 0 saturated heterocycles. The van der Waals surface area contributed by atoms with Crippen molar-refractivity contribution < 1.29 is 0 Å². The maximum absolute atomic E-state index is 2.19. The molecule has 0 radical (unpaired) electrons. The van der Waals surface area contributed by atoms with E-state index in [2.05, 4.69) is 127 Å². The highest BCUT2D eigenvalue weighted by atomic mass is 14.1. The predicted octanol–water partition coefficient (Wildman–Crippen LogP) is 7.50. The van der Waals surface area contributed by atoms with E-state index in [1.165, 1.54) is 33.4 Å². The van der Waals surface area contributed by atoms with E-state index in [-0.39, 0.29) is 0 Å². The summed E-state index contributed by atoms with van der Waals surface area (Å²) in [7, 11) is 0. The molecule has 0 aromatic heterocycles. The van der Waals surface area contributed by atoms with E-state index in [0.29, 0.717) is 0 Å². The van der Waals surface area contributed by atoms with Gasteiger partial charge in [-0.15, -0.1) is 0 Å². The van der Waals surface area contributed by atoms with Gasteiger partial charge in [0, 0.05) is 0 Å². The molecule has 0 unspecified atom stereocenters. The van der Waals surface area contributed by atoms with Crippen molar-refractivity contribution in [1.29, 1.82) is 0 Å². The predicted molar refractivity (Wildman–Crippen MR) is 121 cm³/mol. The first-order valence-corrected chi connectivity index (χ1v) is 9.55. The van der Waals surface area contributed by atoms with Gasteiger partial charge in [-0.1, -0.05) is 133 Å². The molecular weight excluding hydrogens is 336 g/mol. The van der Waals surface area contributed by atoms with Crippen LogP contribution in [-0.2, 0) is 0 Å². The lowest BCUT2D eigenvalue weighted by Gasteiger charge is -2.07. The third kappa shape index (κ3) is 4.36. The van der Waals surface area contributed by atoms with Gasteiger partial charge >= 0.3 is 0 Å². The minimum Gasteiger partial charge on any atom is -0.0622 e. The molecule has 4 rings (SSSR count). The van der Waals surface area contributed by atoms with Gasteiger partial charge in [0.1, 0.15) is 0 Å². The molecule has 0 aliphatic carbocycles. The molecule has 4 aromatic carbocycles. The molecule has 0 nitrogen and oxygen atoms in total. The van der Waals surface area contributed by atoms with Gasteiger partial charge in [-0.25, -0.2) is 0 Å². The van der Waals surface area contributed by atoms with Gasteiger partial charge in [0.2, 0.25) is 0 Å². The average molecular weight is 358 g/mol. The summed E-state index contributed by atoms with van der Waals surface area (Å²) < 4.78 is 0. The molecule has 0 spiro atoms. The van der Waals surface area contributed by atoms with Crippen molar-refractivity contribution in [1.82, 2.24) is 0 Å². The highest BCUT2D eigenvalue weighted by Crippen LogP contribution is 2.24. The maximum atomic E-state index is 2.19. The Kier molecular flexibility index (Phi) is 5.60. The van der Waals surface area contributed by atoms with Crippen molar-refractivity contribution >= 4 is 11.6 Å². The molecule has 0 heteroatoms. The first kappa shape index (κ1) is 17.8. The smallest absolute Gasteiger partial charge is 0.0111 e.